The zero-order valence-electron chi connectivity index (χ0n) is 7.98. The van der Waals surface area contributed by atoms with Crippen LogP contribution in [0.3, 0.4) is 0 Å². The summed E-state index contributed by atoms with van der Waals surface area (Å²) in [6, 6.07) is 3.38. The Kier molecular flexibility index (Phi) is 3.33. The van der Waals surface area contributed by atoms with Gasteiger partial charge < -0.3 is 9.47 Å². The normalized spacial score (nSPS) is 20.2. The molecule has 0 aromatic carbocycles. The van der Waals surface area contributed by atoms with Gasteiger partial charge in [-0.3, -0.25) is 0 Å². The molecule has 1 fully saturated rings. The molecule has 5 heteroatoms. The van der Waals surface area contributed by atoms with Crippen LogP contribution in [0.1, 0.15) is 16.8 Å². The fourth-order valence-corrected chi connectivity index (χ4v) is 1.77. The molecule has 0 saturated carbocycles. The molecule has 0 radical (unpaired) electrons. The first-order valence-corrected chi connectivity index (χ1v) is 5.46. The second kappa shape index (κ2) is 4.72. The summed E-state index contributed by atoms with van der Waals surface area (Å²) in [5.74, 6) is -0.356. The molecule has 1 aliphatic rings. The molecule has 0 amide bonds. The lowest BCUT2D eigenvalue weighted by molar-refractivity contribution is 0.0269. The minimum Gasteiger partial charge on any atom is -0.456 e. The third-order valence-corrected chi connectivity index (χ3v) is 2.77. The zero-order chi connectivity index (χ0) is 10.7. The molecule has 15 heavy (non-hydrogen) atoms. The fraction of sp³-hybridized carbons (Fsp3) is 0.400. The fourth-order valence-electron chi connectivity index (χ4n) is 1.36. The van der Waals surface area contributed by atoms with Gasteiger partial charge in [0, 0.05) is 12.6 Å². The highest BCUT2D eigenvalue weighted by atomic mass is 79.9. The number of halogens is 1. The Hall–Kier alpha value is -0.940. The largest absolute Gasteiger partial charge is 0.456 e. The minimum atomic E-state index is -0.356. The van der Waals surface area contributed by atoms with Gasteiger partial charge in [-0.2, -0.15) is 0 Å². The highest BCUT2D eigenvalue weighted by Crippen LogP contribution is 2.16. The van der Waals surface area contributed by atoms with Gasteiger partial charge in [0.15, 0.2) is 0 Å². The molecule has 0 N–H and O–H groups in total. The second-order valence-electron chi connectivity index (χ2n) is 3.23. The molecular formula is C10H10BrNO3. The number of nitrogens with zero attached hydrogens (tertiary/aromatic N) is 1. The number of esters is 1. The van der Waals surface area contributed by atoms with Crippen molar-refractivity contribution >= 4 is 21.9 Å². The molecule has 0 spiro atoms. The molecule has 1 aromatic rings. The molecule has 1 aliphatic heterocycles. The van der Waals surface area contributed by atoms with Gasteiger partial charge >= 0.3 is 5.97 Å². The topological polar surface area (TPSA) is 48.4 Å². The molecule has 0 aliphatic carbocycles. The van der Waals surface area contributed by atoms with Crippen LogP contribution in [0.2, 0.25) is 0 Å². The number of ether oxygens (including phenoxy) is 2. The van der Waals surface area contributed by atoms with Crippen LogP contribution in [0.4, 0.5) is 0 Å². The summed E-state index contributed by atoms with van der Waals surface area (Å²) in [5.41, 5.74) is 0.449. The van der Waals surface area contributed by atoms with Crippen LogP contribution in [0, 0.1) is 0 Å². The Balaban J connectivity index is 2.04. The molecule has 1 unspecified atom stereocenters. The van der Waals surface area contributed by atoms with E-state index in [0.717, 1.165) is 6.42 Å². The van der Waals surface area contributed by atoms with Gasteiger partial charge in [-0.25, -0.2) is 9.78 Å². The first-order valence-electron chi connectivity index (χ1n) is 4.66. The first-order chi connectivity index (χ1) is 7.27. The van der Waals surface area contributed by atoms with Crippen LogP contribution < -0.4 is 0 Å². The molecule has 1 aromatic heterocycles. The second-order valence-corrected chi connectivity index (χ2v) is 3.98. The van der Waals surface area contributed by atoms with Crippen LogP contribution in [0.15, 0.2) is 22.9 Å². The van der Waals surface area contributed by atoms with Crippen LogP contribution in [-0.4, -0.2) is 30.3 Å². The molecule has 80 valence electrons. The number of hydrogen-bond acceptors (Lipinski definition) is 4. The van der Waals surface area contributed by atoms with Crippen molar-refractivity contribution in [2.75, 3.05) is 13.2 Å². The maximum Gasteiger partial charge on any atom is 0.341 e. The van der Waals surface area contributed by atoms with Gasteiger partial charge in [0.05, 0.1) is 18.8 Å². The lowest BCUT2D eigenvalue weighted by Gasteiger charge is -2.10. The van der Waals surface area contributed by atoms with Crippen LogP contribution in [0.5, 0.6) is 0 Å². The average Bonchev–Trinajstić information content (AvgIpc) is 2.71. The van der Waals surface area contributed by atoms with Crippen LogP contribution in [0.25, 0.3) is 0 Å². The molecule has 2 heterocycles. The van der Waals surface area contributed by atoms with E-state index in [4.69, 9.17) is 9.47 Å². The highest BCUT2D eigenvalue weighted by molar-refractivity contribution is 9.10. The average molecular weight is 272 g/mol. The Morgan fingerprint density at radius 3 is 3.20 bits per heavy atom. The number of aromatic nitrogens is 1. The molecule has 1 atom stereocenters. The predicted octanol–water partition coefficient (Wildman–Crippen LogP) is 1.79. The van der Waals surface area contributed by atoms with E-state index < -0.39 is 0 Å². The Bertz CT molecular complexity index is 363. The van der Waals surface area contributed by atoms with Gasteiger partial charge in [-0.05, 0) is 28.1 Å². The molecule has 1 saturated heterocycles. The number of pyridine rings is 1. The SMILES string of the molecule is O=C(OC1CCOC1)c1cccnc1Br. The highest BCUT2D eigenvalue weighted by Gasteiger charge is 2.21. The van der Waals surface area contributed by atoms with E-state index >= 15 is 0 Å². The van der Waals surface area contributed by atoms with Crippen molar-refractivity contribution in [1.82, 2.24) is 4.98 Å². The van der Waals surface area contributed by atoms with Crippen molar-refractivity contribution in [3.63, 3.8) is 0 Å². The van der Waals surface area contributed by atoms with Crippen LogP contribution >= 0.6 is 15.9 Å². The predicted molar refractivity (Wildman–Crippen MR) is 56.6 cm³/mol. The molecule has 2 rings (SSSR count). The third-order valence-electron chi connectivity index (χ3n) is 2.14. The summed E-state index contributed by atoms with van der Waals surface area (Å²) in [6.45, 7) is 1.15. The molecule has 4 nitrogen and oxygen atoms in total. The van der Waals surface area contributed by atoms with Crippen molar-refractivity contribution < 1.29 is 14.3 Å². The quantitative estimate of drug-likeness (QED) is 0.608. The van der Waals surface area contributed by atoms with E-state index in [9.17, 15) is 4.79 Å². The van der Waals surface area contributed by atoms with Gasteiger partial charge in [0.1, 0.15) is 10.7 Å². The van der Waals surface area contributed by atoms with Gasteiger partial charge in [0.25, 0.3) is 0 Å². The van der Waals surface area contributed by atoms with E-state index in [1.165, 1.54) is 0 Å². The van der Waals surface area contributed by atoms with Crippen LogP contribution in [-0.2, 0) is 9.47 Å². The van der Waals surface area contributed by atoms with E-state index in [2.05, 4.69) is 20.9 Å². The lowest BCUT2D eigenvalue weighted by atomic mass is 10.3. The number of carbonyl (C=O) groups is 1. The number of carbonyl (C=O) groups excluding carboxylic acids is 1. The number of hydrogen-bond donors (Lipinski definition) is 0. The Morgan fingerprint density at radius 2 is 2.53 bits per heavy atom. The monoisotopic (exact) mass is 271 g/mol. The standard InChI is InChI=1S/C10H10BrNO3/c11-9-8(2-1-4-12-9)10(13)15-7-3-5-14-6-7/h1-2,4,7H,3,5-6H2. The Labute approximate surface area is 95.7 Å². The third kappa shape index (κ3) is 2.54. The van der Waals surface area contributed by atoms with E-state index in [0.29, 0.717) is 23.4 Å². The molecule has 0 bridgehead atoms. The van der Waals surface area contributed by atoms with Crippen molar-refractivity contribution in [1.29, 1.82) is 0 Å². The lowest BCUT2D eigenvalue weighted by Crippen LogP contribution is -2.18. The first kappa shape index (κ1) is 10.6. The summed E-state index contributed by atoms with van der Waals surface area (Å²) < 4.78 is 10.9. The van der Waals surface area contributed by atoms with Crippen molar-refractivity contribution in [3.05, 3.63) is 28.5 Å². The van der Waals surface area contributed by atoms with E-state index in [1.54, 1.807) is 18.3 Å². The van der Waals surface area contributed by atoms with Gasteiger partial charge in [0.2, 0.25) is 0 Å². The minimum absolute atomic E-state index is 0.121. The summed E-state index contributed by atoms with van der Waals surface area (Å²) in [5, 5.41) is 0. The maximum absolute atomic E-state index is 11.7. The zero-order valence-corrected chi connectivity index (χ0v) is 9.57. The van der Waals surface area contributed by atoms with E-state index in [1.807, 2.05) is 0 Å². The maximum atomic E-state index is 11.7. The summed E-state index contributed by atoms with van der Waals surface area (Å²) in [7, 11) is 0. The summed E-state index contributed by atoms with van der Waals surface area (Å²) >= 11 is 3.20. The van der Waals surface area contributed by atoms with Crippen molar-refractivity contribution in [3.8, 4) is 0 Å². The molecular weight excluding hydrogens is 262 g/mol. The smallest absolute Gasteiger partial charge is 0.341 e. The van der Waals surface area contributed by atoms with Gasteiger partial charge in [-0.1, -0.05) is 0 Å². The Morgan fingerprint density at radius 1 is 1.67 bits per heavy atom. The summed E-state index contributed by atoms with van der Waals surface area (Å²) in [6.07, 6.45) is 2.26. The van der Waals surface area contributed by atoms with E-state index in [-0.39, 0.29) is 12.1 Å². The summed E-state index contributed by atoms with van der Waals surface area (Å²) in [4.78, 5) is 15.6. The number of rotatable bonds is 2. The van der Waals surface area contributed by atoms with Crippen molar-refractivity contribution in [2.45, 2.75) is 12.5 Å². The van der Waals surface area contributed by atoms with Gasteiger partial charge in [-0.15, -0.1) is 0 Å². The van der Waals surface area contributed by atoms with Crippen molar-refractivity contribution in [2.24, 2.45) is 0 Å².